The van der Waals surface area contributed by atoms with Crippen molar-refractivity contribution in [1.29, 1.82) is 0 Å². The van der Waals surface area contributed by atoms with E-state index in [-0.39, 0.29) is 29.7 Å². The van der Waals surface area contributed by atoms with Crippen molar-refractivity contribution in [1.82, 2.24) is 20.1 Å². The highest BCUT2D eigenvalue weighted by molar-refractivity contribution is 7.99. The number of nitrogens with zero attached hydrogens (tertiary/aromatic N) is 3. The number of benzene rings is 3. The molecule has 7 nitrogen and oxygen atoms in total. The first-order valence-corrected chi connectivity index (χ1v) is 12.4. The van der Waals surface area contributed by atoms with Crippen LogP contribution in [0.25, 0.3) is 5.69 Å². The van der Waals surface area contributed by atoms with Crippen LogP contribution < -0.4 is 10.6 Å². The molecule has 0 aliphatic rings. The van der Waals surface area contributed by atoms with Gasteiger partial charge < -0.3 is 10.6 Å². The van der Waals surface area contributed by atoms with Crippen LogP contribution in [0.4, 0.5) is 5.69 Å². The highest BCUT2D eigenvalue weighted by Gasteiger charge is 2.18. The molecule has 0 atom stereocenters. The first-order chi connectivity index (χ1) is 16.9. The average Bonchev–Trinajstić information content (AvgIpc) is 3.26. The van der Waals surface area contributed by atoms with E-state index in [1.54, 1.807) is 12.1 Å². The number of rotatable bonds is 8. The van der Waals surface area contributed by atoms with E-state index in [4.69, 9.17) is 23.2 Å². The summed E-state index contributed by atoms with van der Waals surface area (Å²) in [6.07, 6.45) is 0. The van der Waals surface area contributed by atoms with Gasteiger partial charge in [0.05, 0.1) is 22.9 Å². The molecule has 0 unspecified atom stereocenters. The van der Waals surface area contributed by atoms with Gasteiger partial charge in [-0.2, -0.15) is 0 Å². The number of aryl methyl sites for hydroxylation is 1. The number of hydrogen-bond donors (Lipinski definition) is 2. The molecule has 2 N–H and O–H groups in total. The molecule has 3 aromatic carbocycles. The Bertz CT molecular complexity index is 1360. The predicted octanol–water partition coefficient (Wildman–Crippen LogP) is 5.54. The summed E-state index contributed by atoms with van der Waals surface area (Å²) in [6.45, 7) is 2.06. The fourth-order valence-electron chi connectivity index (χ4n) is 3.32. The molecule has 2 amide bonds. The second kappa shape index (κ2) is 11.4. The maximum atomic E-state index is 12.7. The van der Waals surface area contributed by atoms with E-state index in [1.807, 2.05) is 66.1 Å². The van der Waals surface area contributed by atoms with Crippen LogP contribution in [0.2, 0.25) is 10.0 Å². The van der Waals surface area contributed by atoms with Crippen molar-refractivity contribution in [3.05, 3.63) is 99.8 Å². The Morgan fingerprint density at radius 1 is 0.971 bits per heavy atom. The monoisotopic (exact) mass is 525 g/mol. The van der Waals surface area contributed by atoms with Crippen molar-refractivity contribution < 1.29 is 9.59 Å². The first-order valence-electron chi connectivity index (χ1n) is 10.6. The van der Waals surface area contributed by atoms with Gasteiger partial charge in [-0.15, -0.1) is 10.2 Å². The van der Waals surface area contributed by atoms with Gasteiger partial charge in [0.2, 0.25) is 5.91 Å². The maximum Gasteiger partial charge on any atom is 0.253 e. The van der Waals surface area contributed by atoms with Gasteiger partial charge >= 0.3 is 0 Å². The number of amides is 2. The molecule has 4 aromatic rings. The summed E-state index contributed by atoms with van der Waals surface area (Å²) in [5.74, 6) is 0.105. The lowest BCUT2D eigenvalue weighted by atomic mass is 10.2. The number of para-hydroxylation sites is 1. The van der Waals surface area contributed by atoms with Gasteiger partial charge in [0.15, 0.2) is 11.0 Å². The minimum Gasteiger partial charge on any atom is -0.345 e. The van der Waals surface area contributed by atoms with E-state index in [2.05, 4.69) is 20.8 Å². The van der Waals surface area contributed by atoms with Crippen LogP contribution in [0.1, 0.15) is 21.7 Å². The minimum atomic E-state index is -0.383. The fourth-order valence-corrected chi connectivity index (χ4v) is 4.47. The highest BCUT2D eigenvalue weighted by atomic mass is 35.5. The van der Waals surface area contributed by atoms with Crippen molar-refractivity contribution in [2.75, 3.05) is 11.1 Å². The van der Waals surface area contributed by atoms with Crippen LogP contribution in [0.5, 0.6) is 0 Å². The number of nitrogens with one attached hydrogen (secondary N) is 2. The van der Waals surface area contributed by atoms with Crippen LogP contribution in [0.15, 0.2) is 78.0 Å². The Hall–Kier alpha value is -3.33. The van der Waals surface area contributed by atoms with Gasteiger partial charge in [-0.05, 0) is 55.0 Å². The van der Waals surface area contributed by atoms with Crippen molar-refractivity contribution in [2.24, 2.45) is 0 Å². The number of hydrogen-bond acceptors (Lipinski definition) is 5. The van der Waals surface area contributed by atoms with Gasteiger partial charge in [-0.25, -0.2) is 0 Å². The van der Waals surface area contributed by atoms with E-state index >= 15 is 0 Å². The van der Waals surface area contributed by atoms with Crippen LogP contribution in [0, 0.1) is 6.92 Å². The van der Waals surface area contributed by atoms with E-state index in [9.17, 15) is 9.59 Å². The number of carbonyl (C=O) groups excluding carboxylic acids is 2. The van der Waals surface area contributed by atoms with Crippen LogP contribution in [-0.2, 0) is 11.3 Å². The smallest absolute Gasteiger partial charge is 0.253 e. The summed E-state index contributed by atoms with van der Waals surface area (Å²) in [5, 5.41) is 15.5. The largest absolute Gasteiger partial charge is 0.345 e. The fraction of sp³-hybridized carbons (Fsp3) is 0.120. The van der Waals surface area contributed by atoms with Gasteiger partial charge in [0, 0.05) is 16.4 Å². The Kier molecular flexibility index (Phi) is 8.07. The Balaban J connectivity index is 1.49. The van der Waals surface area contributed by atoms with Gasteiger partial charge in [-0.1, -0.05) is 65.3 Å². The van der Waals surface area contributed by atoms with Crippen LogP contribution in [-0.4, -0.2) is 32.3 Å². The third-order valence-corrected chi connectivity index (χ3v) is 6.42. The maximum absolute atomic E-state index is 12.7. The molecule has 0 bridgehead atoms. The van der Waals surface area contributed by atoms with Gasteiger partial charge in [-0.3, -0.25) is 14.2 Å². The minimum absolute atomic E-state index is 0.0968. The number of halogens is 2. The number of aromatic nitrogens is 3. The molecular formula is C25H21Cl2N5O2S. The molecule has 0 radical (unpaired) electrons. The van der Waals surface area contributed by atoms with Gasteiger partial charge in [0.1, 0.15) is 0 Å². The summed E-state index contributed by atoms with van der Waals surface area (Å²) in [7, 11) is 0. The summed E-state index contributed by atoms with van der Waals surface area (Å²) in [4.78, 5) is 25.2. The quantitative estimate of drug-likeness (QED) is 0.294. The lowest BCUT2D eigenvalue weighted by molar-refractivity contribution is -0.113. The lowest BCUT2D eigenvalue weighted by Gasteiger charge is -2.11. The molecule has 1 heterocycles. The zero-order chi connectivity index (χ0) is 24.8. The summed E-state index contributed by atoms with van der Waals surface area (Å²) in [5.41, 5.74) is 2.88. The SMILES string of the molecule is Cc1cccc(NC(=O)CSc2nnc(CNC(=O)c3cc(Cl)ccc3Cl)n2-c2ccccc2)c1. The van der Waals surface area contributed by atoms with Crippen LogP contribution >= 0.6 is 35.0 Å². The predicted molar refractivity (Wildman–Crippen MR) is 140 cm³/mol. The molecule has 10 heteroatoms. The molecule has 0 spiro atoms. The molecule has 0 fully saturated rings. The summed E-state index contributed by atoms with van der Waals surface area (Å²) < 4.78 is 1.81. The molecule has 0 aliphatic carbocycles. The zero-order valence-corrected chi connectivity index (χ0v) is 21.0. The lowest BCUT2D eigenvalue weighted by Crippen LogP contribution is -2.25. The second-order valence-corrected chi connectivity index (χ2v) is 9.37. The van der Waals surface area contributed by atoms with E-state index in [0.29, 0.717) is 21.0 Å². The van der Waals surface area contributed by atoms with E-state index < -0.39 is 0 Å². The molecule has 35 heavy (non-hydrogen) atoms. The highest BCUT2D eigenvalue weighted by Crippen LogP contribution is 2.24. The van der Waals surface area contributed by atoms with Gasteiger partial charge in [0.25, 0.3) is 5.91 Å². The van der Waals surface area contributed by atoms with E-state index in [0.717, 1.165) is 16.9 Å². The third-order valence-electron chi connectivity index (χ3n) is 4.93. The van der Waals surface area contributed by atoms with Crippen molar-refractivity contribution in [2.45, 2.75) is 18.6 Å². The third kappa shape index (κ3) is 6.42. The molecule has 0 saturated heterocycles. The second-order valence-electron chi connectivity index (χ2n) is 7.58. The summed E-state index contributed by atoms with van der Waals surface area (Å²) in [6, 6.07) is 21.8. The molecular weight excluding hydrogens is 505 g/mol. The number of carbonyl (C=O) groups is 2. The Morgan fingerprint density at radius 2 is 1.77 bits per heavy atom. The molecule has 178 valence electrons. The molecule has 1 aromatic heterocycles. The van der Waals surface area contributed by atoms with Crippen molar-refractivity contribution >= 4 is 52.5 Å². The number of thioether (sulfide) groups is 1. The van der Waals surface area contributed by atoms with Crippen molar-refractivity contribution in [3.63, 3.8) is 0 Å². The Morgan fingerprint density at radius 3 is 2.54 bits per heavy atom. The Labute approximate surface area is 216 Å². The first kappa shape index (κ1) is 24.8. The standard InChI is InChI=1S/C25H21Cl2N5O2S/c1-16-6-5-7-18(12-16)29-23(33)15-35-25-31-30-22(32(25)19-8-3-2-4-9-19)14-28-24(34)20-13-17(26)10-11-21(20)27/h2-13H,14-15H2,1H3,(H,28,34)(H,29,33). The molecule has 0 saturated carbocycles. The molecule has 4 rings (SSSR count). The summed E-state index contributed by atoms with van der Waals surface area (Å²) >= 11 is 13.4. The number of anilines is 1. The zero-order valence-electron chi connectivity index (χ0n) is 18.7. The van der Waals surface area contributed by atoms with E-state index in [1.165, 1.54) is 17.8 Å². The average molecular weight is 526 g/mol. The normalized spacial score (nSPS) is 10.7. The van der Waals surface area contributed by atoms with Crippen LogP contribution in [0.3, 0.4) is 0 Å². The molecule has 0 aliphatic heterocycles. The van der Waals surface area contributed by atoms with Crippen molar-refractivity contribution in [3.8, 4) is 5.69 Å². The topological polar surface area (TPSA) is 88.9 Å².